The molecule has 0 radical (unpaired) electrons. The number of allylic oxidation sites excluding steroid dienone is 2. The lowest BCUT2D eigenvalue weighted by Crippen LogP contribution is -2.07. The summed E-state index contributed by atoms with van der Waals surface area (Å²) in [7, 11) is 0. The first-order chi connectivity index (χ1) is 4.33. The largest absolute Gasteiger partial charge is 0.469 e. The normalized spacial score (nSPS) is 24.0. The molecule has 0 saturated carbocycles. The molecule has 1 aliphatic rings. The Kier molecular flexibility index (Phi) is 1.57. The standard InChI is InChI=1S/C7H6O2/c1-2-6-3-4-9-7(8)5-6/h1,3-5,7-8H. The lowest BCUT2D eigenvalue weighted by atomic mass is 10.2. The van der Waals surface area contributed by atoms with Crippen LogP contribution in [-0.4, -0.2) is 11.4 Å². The topological polar surface area (TPSA) is 29.5 Å². The molecule has 0 fully saturated rings. The fourth-order valence-electron chi connectivity index (χ4n) is 0.538. The first-order valence-corrected chi connectivity index (χ1v) is 2.51. The Bertz CT molecular complexity index is 195. The number of ether oxygens (including phenoxy) is 1. The van der Waals surface area contributed by atoms with Crippen molar-refractivity contribution in [1.82, 2.24) is 0 Å². The lowest BCUT2D eigenvalue weighted by molar-refractivity contribution is -0.0137. The maximum absolute atomic E-state index is 8.77. The number of aliphatic hydroxyl groups is 1. The quantitative estimate of drug-likeness (QED) is 0.471. The van der Waals surface area contributed by atoms with Crippen molar-refractivity contribution in [1.29, 1.82) is 0 Å². The Labute approximate surface area is 53.5 Å². The van der Waals surface area contributed by atoms with Gasteiger partial charge in [0.1, 0.15) is 0 Å². The van der Waals surface area contributed by atoms with Crippen molar-refractivity contribution in [3.05, 3.63) is 24.0 Å². The summed E-state index contributed by atoms with van der Waals surface area (Å²) in [6, 6.07) is 0. The van der Waals surface area contributed by atoms with Crippen molar-refractivity contribution in [2.45, 2.75) is 6.29 Å². The van der Waals surface area contributed by atoms with Crippen LogP contribution in [0.3, 0.4) is 0 Å². The average molecular weight is 122 g/mol. The molecule has 1 rings (SSSR count). The van der Waals surface area contributed by atoms with E-state index in [0.29, 0.717) is 5.57 Å². The van der Waals surface area contributed by atoms with Gasteiger partial charge < -0.3 is 9.84 Å². The summed E-state index contributed by atoms with van der Waals surface area (Å²) >= 11 is 0. The van der Waals surface area contributed by atoms with Gasteiger partial charge in [-0.1, -0.05) is 5.92 Å². The summed E-state index contributed by atoms with van der Waals surface area (Å²) in [5.41, 5.74) is 0.647. The Balaban J connectivity index is 2.74. The summed E-state index contributed by atoms with van der Waals surface area (Å²) in [6.45, 7) is 0. The highest BCUT2D eigenvalue weighted by molar-refractivity contribution is 5.36. The van der Waals surface area contributed by atoms with Crippen LogP contribution in [0.15, 0.2) is 24.0 Å². The lowest BCUT2D eigenvalue weighted by Gasteiger charge is -2.08. The molecular formula is C7H6O2. The molecule has 9 heavy (non-hydrogen) atoms. The van der Waals surface area contributed by atoms with Gasteiger partial charge in [-0.15, -0.1) is 6.42 Å². The van der Waals surface area contributed by atoms with Crippen molar-refractivity contribution in [2.75, 3.05) is 0 Å². The monoisotopic (exact) mass is 122 g/mol. The molecule has 46 valence electrons. The molecule has 0 saturated heterocycles. The first-order valence-electron chi connectivity index (χ1n) is 2.51. The van der Waals surface area contributed by atoms with E-state index < -0.39 is 6.29 Å². The minimum absolute atomic E-state index is 0.647. The molecule has 0 bridgehead atoms. The molecule has 2 heteroatoms. The SMILES string of the molecule is C#CC1=CC(O)OC=C1. The maximum Gasteiger partial charge on any atom is 0.217 e. The van der Waals surface area contributed by atoms with Crippen LogP contribution < -0.4 is 0 Å². The second kappa shape index (κ2) is 2.38. The fourth-order valence-corrected chi connectivity index (χ4v) is 0.538. The molecule has 0 aromatic carbocycles. The smallest absolute Gasteiger partial charge is 0.217 e. The van der Waals surface area contributed by atoms with E-state index in [2.05, 4.69) is 10.7 Å². The number of rotatable bonds is 0. The third-order valence-electron chi connectivity index (χ3n) is 0.954. The maximum atomic E-state index is 8.77. The zero-order valence-electron chi connectivity index (χ0n) is 4.74. The third-order valence-corrected chi connectivity index (χ3v) is 0.954. The van der Waals surface area contributed by atoms with Gasteiger partial charge >= 0.3 is 0 Å². The van der Waals surface area contributed by atoms with Crippen LogP contribution in [0.2, 0.25) is 0 Å². The summed E-state index contributed by atoms with van der Waals surface area (Å²) in [4.78, 5) is 0. The van der Waals surface area contributed by atoms with Gasteiger partial charge in [0, 0.05) is 5.57 Å². The average Bonchev–Trinajstić information content (AvgIpc) is 1.88. The van der Waals surface area contributed by atoms with Crippen molar-refractivity contribution in [2.24, 2.45) is 0 Å². The Morgan fingerprint density at radius 2 is 2.56 bits per heavy atom. The summed E-state index contributed by atoms with van der Waals surface area (Å²) in [6.07, 6.45) is 8.61. The molecule has 1 aliphatic heterocycles. The highest BCUT2D eigenvalue weighted by Crippen LogP contribution is 2.05. The zero-order valence-corrected chi connectivity index (χ0v) is 4.74. The molecule has 0 amide bonds. The predicted molar refractivity (Wildman–Crippen MR) is 33.1 cm³/mol. The molecule has 0 aromatic heterocycles. The van der Waals surface area contributed by atoms with Crippen molar-refractivity contribution in [3.63, 3.8) is 0 Å². The van der Waals surface area contributed by atoms with E-state index >= 15 is 0 Å². The minimum Gasteiger partial charge on any atom is -0.469 e. The number of hydrogen-bond acceptors (Lipinski definition) is 2. The van der Waals surface area contributed by atoms with E-state index in [1.807, 2.05) is 0 Å². The van der Waals surface area contributed by atoms with Gasteiger partial charge in [0.2, 0.25) is 6.29 Å². The van der Waals surface area contributed by atoms with E-state index in [1.165, 1.54) is 12.3 Å². The van der Waals surface area contributed by atoms with E-state index in [0.717, 1.165) is 0 Å². The molecule has 1 atom stereocenters. The van der Waals surface area contributed by atoms with Crippen molar-refractivity contribution < 1.29 is 9.84 Å². The van der Waals surface area contributed by atoms with E-state index in [9.17, 15) is 0 Å². The van der Waals surface area contributed by atoms with Crippen LogP contribution in [0.4, 0.5) is 0 Å². The number of hydrogen-bond donors (Lipinski definition) is 1. The Morgan fingerprint density at radius 3 is 3.00 bits per heavy atom. The number of terminal acetylenes is 1. The van der Waals surface area contributed by atoms with Gasteiger partial charge in [-0.25, -0.2) is 0 Å². The van der Waals surface area contributed by atoms with Gasteiger partial charge in [0.15, 0.2) is 0 Å². The highest BCUT2D eigenvalue weighted by atomic mass is 16.6. The summed E-state index contributed by atoms with van der Waals surface area (Å²) < 4.78 is 4.61. The van der Waals surface area contributed by atoms with Crippen LogP contribution in [0.25, 0.3) is 0 Å². The molecule has 1 unspecified atom stereocenters. The van der Waals surface area contributed by atoms with Crippen LogP contribution in [0.1, 0.15) is 0 Å². The van der Waals surface area contributed by atoms with Gasteiger partial charge in [-0.3, -0.25) is 0 Å². The van der Waals surface area contributed by atoms with E-state index in [-0.39, 0.29) is 0 Å². The Morgan fingerprint density at radius 1 is 1.78 bits per heavy atom. The van der Waals surface area contributed by atoms with E-state index in [4.69, 9.17) is 11.5 Å². The second-order valence-corrected chi connectivity index (χ2v) is 1.60. The van der Waals surface area contributed by atoms with E-state index in [1.54, 1.807) is 6.08 Å². The van der Waals surface area contributed by atoms with Gasteiger partial charge in [-0.2, -0.15) is 0 Å². The molecule has 0 aromatic rings. The van der Waals surface area contributed by atoms with Crippen LogP contribution in [0.5, 0.6) is 0 Å². The van der Waals surface area contributed by atoms with Crippen LogP contribution in [0, 0.1) is 12.3 Å². The predicted octanol–water partition coefficient (Wildman–Crippen LogP) is 0.408. The first kappa shape index (κ1) is 5.93. The van der Waals surface area contributed by atoms with Gasteiger partial charge in [-0.05, 0) is 12.2 Å². The molecule has 2 nitrogen and oxygen atoms in total. The molecule has 0 spiro atoms. The van der Waals surface area contributed by atoms with Crippen molar-refractivity contribution >= 4 is 0 Å². The minimum atomic E-state index is -0.874. The second-order valence-electron chi connectivity index (χ2n) is 1.60. The highest BCUT2D eigenvalue weighted by Gasteiger charge is 2.02. The van der Waals surface area contributed by atoms with Gasteiger partial charge in [0.25, 0.3) is 0 Å². The summed E-state index contributed by atoms with van der Waals surface area (Å²) in [5.74, 6) is 2.37. The molecule has 0 aliphatic carbocycles. The van der Waals surface area contributed by atoms with Crippen LogP contribution >= 0.6 is 0 Å². The fraction of sp³-hybridized carbons (Fsp3) is 0.143. The third kappa shape index (κ3) is 1.34. The Hall–Kier alpha value is -1.20. The summed E-state index contributed by atoms with van der Waals surface area (Å²) in [5, 5.41) is 8.77. The van der Waals surface area contributed by atoms with Crippen LogP contribution in [-0.2, 0) is 4.74 Å². The molecular weight excluding hydrogens is 116 g/mol. The number of aliphatic hydroxyl groups excluding tert-OH is 1. The zero-order chi connectivity index (χ0) is 6.69. The molecule has 1 heterocycles. The molecule has 1 N–H and O–H groups in total. The van der Waals surface area contributed by atoms with Gasteiger partial charge in [0.05, 0.1) is 6.26 Å². The van der Waals surface area contributed by atoms with Crippen molar-refractivity contribution in [3.8, 4) is 12.3 Å².